The van der Waals surface area contributed by atoms with Crippen LogP contribution in [0.2, 0.25) is 0 Å². The molecule has 4 nitrogen and oxygen atoms in total. The Kier molecular flexibility index (Phi) is 5.94. The van der Waals surface area contributed by atoms with Crippen LogP contribution in [-0.4, -0.2) is 30.3 Å². The Bertz CT molecular complexity index is 387. The van der Waals surface area contributed by atoms with Gasteiger partial charge >= 0.3 is 5.97 Å². The van der Waals surface area contributed by atoms with E-state index in [2.05, 4.69) is 18.8 Å². The number of carboxylic acid groups (broad SMARTS) is 1. The zero-order chi connectivity index (χ0) is 13.4. The van der Waals surface area contributed by atoms with Gasteiger partial charge in [-0.05, 0) is 37.6 Å². The maximum Gasteiger partial charge on any atom is 0.335 e. The molecule has 0 heterocycles. The van der Waals surface area contributed by atoms with E-state index in [1.54, 1.807) is 12.1 Å². The van der Waals surface area contributed by atoms with E-state index in [1.807, 2.05) is 6.08 Å². The molecule has 0 saturated carbocycles. The predicted octanol–water partition coefficient (Wildman–Crippen LogP) is 2.32. The van der Waals surface area contributed by atoms with Gasteiger partial charge < -0.3 is 15.2 Å². The van der Waals surface area contributed by atoms with Crippen LogP contribution in [0, 0.1) is 0 Å². The molecule has 1 rings (SSSR count). The molecule has 0 radical (unpaired) electrons. The fourth-order valence-electron chi connectivity index (χ4n) is 1.50. The van der Waals surface area contributed by atoms with Gasteiger partial charge in [-0.15, -0.1) is 6.58 Å². The van der Waals surface area contributed by atoms with Gasteiger partial charge in [-0.25, -0.2) is 4.79 Å². The quantitative estimate of drug-likeness (QED) is 0.548. The maximum absolute atomic E-state index is 10.7. The molecule has 1 atom stereocenters. The first kappa shape index (κ1) is 14.3. The molecule has 1 unspecified atom stereocenters. The maximum atomic E-state index is 10.7. The third kappa shape index (κ3) is 5.01. The van der Waals surface area contributed by atoms with E-state index < -0.39 is 5.97 Å². The lowest BCUT2D eigenvalue weighted by atomic mass is 10.2. The molecule has 0 spiro atoms. The normalized spacial score (nSPS) is 11.8. The zero-order valence-corrected chi connectivity index (χ0v) is 10.6. The summed E-state index contributed by atoms with van der Waals surface area (Å²) in [5.74, 6) is -0.250. The molecule has 0 amide bonds. The largest absolute Gasteiger partial charge is 0.492 e. The Labute approximate surface area is 107 Å². The molecule has 2 N–H and O–H groups in total. The van der Waals surface area contributed by atoms with E-state index in [9.17, 15) is 4.79 Å². The summed E-state index contributed by atoms with van der Waals surface area (Å²) in [5, 5.41) is 12.0. The van der Waals surface area contributed by atoms with Gasteiger partial charge in [-0.2, -0.15) is 0 Å². The van der Waals surface area contributed by atoms with E-state index in [1.165, 1.54) is 12.1 Å². The summed E-state index contributed by atoms with van der Waals surface area (Å²) >= 11 is 0. The zero-order valence-electron chi connectivity index (χ0n) is 10.6. The van der Waals surface area contributed by atoms with Crippen molar-refractivity contribution in [3.8, 4) is 5.75 Å². The van der Waals surface area contributed by atoms with Crippen molar-refractivity contribution >= 4 is 5.97 Å². The summed E-state index contributed by atoms with van der Waals surface area (Å²) < 4.78 is 5.49. The highest BCUT2D eigenvalue weighted by Crippen LogP contribution is 2.11. The highest BCUT2D eigenvalue weighted by Gasteiger charge is 2.02. The number of hydrogen-bond acceptors (Lipinski definition) is 3. The number of rotatable bonds is 8. The van der Waals surface area contributed by atoms with Crippen molar-refractivity contribution in [2.24, 2.45) is 0 Å². The van der Waals surface area contributed by atoms with Crippen molar-refractivity contribution < 1.29 is 14.6 Å². The van der Waals surface area contributed by atoms with Gasteiger partial charge in [0.2, 0.25) is 0 Å². The molecular weight excluding hydrogens is 230 g/mol. The summed E-state index contributed by atoms with van der Waals surface area (Å²) in [6.45, 7) is 7.06. The number of ether oxygens (including phenoxy) is 1. The third-order valence-corrected chi connectivity index (χ3v) is 2.49. The van der Waals surface area contributed by atoms with Crippen molar-refractivity contribution in [2.75, 3.05) is 13.2 Å². The minimum atomic E-state index is -0.929. The van der Waals surface area contributed by atoms with Gasteiger partial charge in [0.15, 0.2) is 0 Å². The van der Waals surface area contributed by atoms with Crippen molar-refractivity contribution in [3.05, 3.63) is 42.5 Å². The van der Waals surface area contributed by atoms with Crippen LogP contribution in [0.25, 0.3) is 0 Å². The van der Waals surface area contributed by atoms with Gasteiger partial charge in [-0.3, -0.25) is 0 Å². The molecule has 0 saturated heterocycles. The Balaban J connectivity index is 2.27. The Morgan fingerprint density at radius 3 is 2.72 bits per heavy atom. The van der Waals surface area contributed by atoms with Crippen molar-refractivity contribution in [1.82, 2.24) is 5.32 Å². The second-order valence-corrected chi connectivity index (χ2v) is 4.06. The molecular formula is C14H19NO3. The average Bonchev–Trinajstić information content (AvgIpc) is 2.35. The predicted molar refractivity (Wildman–Crippen MR) is 71.2 cm³/mol. The number of nitrogens with one attached hydrogen (secondary N) is 1. The van der Waals surface area contributed by atoms with Crippen LogP contribution in [0.5, 0.6) is 5.75 Å². The monoisotopic (exact) mass is 249 g/mol. The van der Waals surface area contributed by atoms with Crippen molar-refractivity contribution in [3.63, 3.8) is 0 Å². The lowest BCUT2D eigenvalue weighted by molar-refractivity contribution is 0.0697. The molecule has 98 valence electrons. The Hall–Kier alpha value is -1.81. The molecule has 0 aromatic heterocycles. The summed E-state index contributed by atoms with van der Waals surface area (Å²) in [5.41, 5.74) is 0.264. The lowest BCUT2D eigenvalue weighted by Gasteiger charge is -2.12. The third-order valence-electron chi connectivity index (χ3n) is 2.49. The van der Waals surface area contributed by atoms with E-state index in [4.69, 9.17) is 9.84 Å². The van der Waals surface area contributed by atoms with E-state index >= 15 is 0 Å². The molecule has 4 heteroatoms. The van der Waals surface area contributed by atoms with Crippen LogP contribution in [0.3, 0.4) is 0 Å². The molecule has 0 aliphatic carbocycles. The summed E-state index contributed by atoms with van der Waals surface area (Å²) in [6.07, 6.45) is 2.80. The second-order valence-electron chi connectivity index (χ2n) is 4.06. The van der Waals surface area contributed by atoms with E-state index in [0.717, 1.165) is 13.0 Å². The fourth-order valence-corrected chi connectivity index (χ4v) is 1.50. The highest BCUT2D eigenvalue weighted by atomic mass is 16.5. The molecule has 0 fully saturated rings. The van der Waals surface area contributed by atoms with Crippen LogP contribution in [0.4, 0.5) is 0 Å². The van der Waals surface area contributed by atoms with Gasteiger partial charge in [0.1, 0.15) is 12.4 Å². The minimum Gasteiger partial charge on any atom is -0.492 e. The van der Waals surface area contributed by atoms with Crippen molar-refractivity contribution in [2.45, 2.75) is 19.4 Å². The summed E-state index contributed by atoms with van der Waals surface area (Å²) in [6, 6.07) is 6.78. The molecule has 0 bridgehead atoms. The number of benzene rings is 1. The molecule has 1 aromatic carbocycles. The lowest BCUT2D eigenvalue weighted by Crippen LogP contribution is -2.29. The van der Waals surface area contributed by atoms with Gasteiger partial charge in [0.25, 0.3) is 0 Å². The SMILES string of the molecule is C=CCC(C)NCCOc1ccc(C(=O)O)cc1. The van der Waals surface area contributed by atoms with Gasteiger partial charge in [0, 0.05) is 12.6 Å². The first-order chi connectivity index (χ1) is 8.63. The number of aromatic carboxylic acids is 1. The van der Waals surface area contributed by atoms with Crippen LogP contribution < -0.4 is 10.1 Å². The van der Waals surface area contributed by atoms with Crippen molar-refractivity contribution in [1.29, 1.82) is 0 Å². The fraction of sp³-hybridized carbons (Fsp3) is 0.357. The van der Waals surface area contributed by atoms with Gasteiger partial charge in [-0.1, -0.05) is 6.08 Å². The Morgan fingerprint density at radius 2 is 2.17 bits per heavy atom. The average molecular weight is 249 g/mol. The summed E-state index contributed by atoms with van der Waals surface area (Å²) in [7, 11) is 0. The van der Waals surface area contributed by atoms with Crippen LogP contribution >= 0.6 is 0 Å². The van der Waals surface area contributed by atoms with E-state index in [0.29, 0.717) is 18.4 Å². The topological polar surface area (TPSA) is 58.6 Å². The van der Waals surface area contributed by atoms with Crippen LogP contribution in [0.15, 0.2) is 36.9 Å². The molecule has 0 aliphatic heterocycles. The molecule has 18 heavy (non-hydrogen) atoms. The minimum absolute atomic E-state index is 0.264. The number of carboxylic acids is 1. The first-order valence-electron chi connectivity index (χ1n) is 5.94. The smallest absolute Gasteiger partial charge is 0.335 e. The standard InChI is InChI=1S/C14H19NO3/c1-3-4-11(2)15-9-10-18-13-7-5-12(6-8-13)14(16)17/h3,5-8,11,15H,1,4,9-10H2,2H3,(H,16,17). The molecule has 0 aliphatic rings. The van der Waals surface area contributed by atoms with Crippen LogP contribution in [0.1, 0.15) is 23.7 Å². The number of hydrogen-bond donors (Lipinski definition) is 2. The van der Waals surface area contributed by atoms with E-state index in [-0.39, 0.29) is 5.56 Å². The Morgan fingerprint density at radius 1 is 1.50 bits per heavy atom. The number of carbonyl (C=O) groups is 1. The summed E-state index contributed by atoms with van der Waals surface area (Å²) in [4.78, 5) is 10.7. The first-order valence-corrected chi connectivity index (χ1v) is 5.94. The van der Waals surface area contributed by atoms with Gasteiger partial charge in [0.05, 0.1) is 5.56 Å². The molecule has 1 aromatic rings. The van der Waals surface area contributed by atoms with Crippen LogP contribution in [-0.2, 0) is 0 Å². The second kappa shape index (κ2) is 7.50. The highest BCUT2D eigenvalue weighted by molar-refractivity contribution is 5.87.